The van der Waals surface area contributed by atoms with E-state index in [1.807, 2.05) is 0 Å². The van der Waals surface area contributed by atoms with Crippen LogP contribution in [-0.4, -0.2) is 22.4 Å². The molecule has 0 heterocycles. The van der Waals surface area contributed by atoms with Gasteiger partial charge in [0.15, 0.2) is 0 Å². The Hall–Kier alpha value is 0.350. The Kier molecular flexibility index (Phi) is 48.7. The van der Waals surface area contributed by atoms with Crippen LogP contribution in [0, 0.1) is 0 Å². The zero-order chi connectivity index (χ0) is 7.82. The fraction of sp³-hybridized carbons (Fsp3) is 0.875. The Bertz CT molecular complexity index is 99.7. The molecule has 6 N–H and O–H groups in total. The van der Waals surface area contributed by atoms with Gasteiger partial charge in [-0.3, -0.25) is 0 Å². The summed E-state index contributed by atoms with van der Waals surface area (Å²) in [6.45, 7) is 2.14. The van der Waals surface area contributed by atoms with Gasteiger partial charge in [-0.25, -0.2) is 0 Å². The van der Waals surface area contributed by atoms with E-state index in [-0.39, 0.29) is 52.4 Å². The Balaban J connectivity index is -0.0000000675. The molecule has 0 atom stereocenters. The average molecular weight is 220 g/mol. The number of rotatable bonds is 6. The molecular formula is C8H21NaO5. The van der Waals surface area contributed by atoms with Crippen LogP contribution in [0.3, 0.4) is 0 Å². The molecule has 0 bridgehead atoms. The molecule has 0 aliphatic rings. The normalized spacial score (nSPS) is 6.93. The molecule has 0 radical (unpaired) electrons. The number of hydrogen-bond donors (Lipinski definition) is 0. The predicted molar refractivity (Wildman–Crippen MR) is 49.2 cm³/mol. The van der Waals surface area contributed by atoms with Gasteiger partial charge in [0.2, 0.25) is 0 Å². The fourth-order valence-electron chi connectivity index (χ4n) is 0.873. The first-order valence-electron chi connectivity index (χ1n) is 3.97. The first-order valence-corrected chi connectivity index (χ1v) is 3.97. The number of carbonyl (C=O) groups is 1. The summed E-state index contributed by atoms with van der Waals surface area (Å²) in [5.74, 6) is -0.920. The second-order valence-electron chi connectivity index (χ2n) is 2.54. The molecule has 0 aromatic carbocycles. The van der Waals surface area contributed by atoms with Gasteiger partial charge < -0.3 is 26.3 Å². The van der Waals surface area contributed by atoms with Gasteiger partial charge in [0.25, 0.3) is 0 Å². The maximum absolute atomic E-state index is 9.92. The summed E-state index contributed by atoms with van der Waals surface area (Å²) >= 11 is 0. The van der Waals surface area contributed by atoms with Crippen molar-refractivity contribution in [3.05, 3.63) is 0 Å². The molecule has 0 amide bonds. The van der Waals surface area contributed by atoms with Crippen molar-refractivity contribution in [2.75, 3.05) is 0 Å². The van der Waals surface area contributed by atoms with Crippen molar-refractivity contribution in [2.45, 2.75) is 45.4 Å². The maximum atomic E-state index is 9.92. The van der Waals surface area contributed by atoms with Gasteiger partial charge in [-0.05, 0) is 12.8 Å². The molecule has 14 heavy (non-hydrogen) atoms. The van der Waals surface area contributed by atoms with Gasteiger partial charge in [0.1, 0.15) is 0 Å². The second kappa shape index (κ2) is 23.3. The minimum atomic E-state index is -0.920. The van der Waals surface area contributed by atoms with E-state index in [0.29, 0.717) is 0 Å². The van der Waals surface area contributed by atoms with Crippen molar-refractivity contribution in [2.24, 2.45) is 0 Å². The average Bonchev–Trinajstić information content (AvgIpc) is 1.87. The molecule has 84 valence electrons. The van der Waals surface area contributed by atoms with Gasteiger partial charge in [-0.2, -0.15) is 0 Å². The van der Waals surface area contributed by atoms with E-state index < -0.39 is 5.97 Å². The number of carboxylic acids is 1. The molecule has 0 spiro atoms. The van der Waals surface area contributed by atoms with Crippen LogP contribution in [0.2, 0.25) is 0 Å². The van der Waals surface area contributed by atoms with Crippen LogP contribution in [0.4, 0.5) is 0 Å². The zero-order valence-electron chi connectivity index (χ0n) is 9.06. The Morgan fingerprint density at radius 3 is 1.79 bits per heavy atom. The van der Waals surface area contributed by atoms with E-state index in [1.165, 1.54) is 12.8 Å². The van der Waals surface area contributed by atoms with Crippen molar-refractivity contribution in [1.29, 1.82) is 0 Å². The van der Waals surface area contributed by atoms with Gasteiger partial charge >= 0.3 is 29.6 Å². The largest absolute Gasteiger partial charge is 1.00 e. The number of carboxylic acid groups (broad SMARTS) is 1. The summed E-state index contributed by atoms with van der Waals surface area (Å²) in [6.07, 6.45) is 5.61. The van der Waals surface area contributed by atoms with E-state index >= 15 is 0 Å². The molecule has 0 aromatic rings. The molecule has 0 aromatic heterocycles. The Labute approximate surface area is 107 Å². The van der Waals surface area contributed by atoms with Gasteiger partial charge in [-0.1, -0.05) is 32.6 Å². The predicted octanol–water partition coefficient (Wildman–Crippen LogP) is -4.37. The van der Waals surface area contributed by atoms with Gasteiger partial charge in [0.05, 0.1) is 0 Å². The van der Waals surface area contributed by atoms with Crippen molar-refractivity contribution < 1.29 is 55.9 Å². The minimum absolute atomic E-state index is 0. The third-order valence-electron chi connectivity index (χ3n) is 1.48. The molecule has 6 heteroatoms. The summed E-state index contributed by atoms with van der Waals surface area (Å²) < 4.78 is 0. The molecule has 0 aliphatic heterocycles. The Morgan fingerprint density at radius 2 is 1.43 bits per heavy atom. The van der Waals surface area contributed by atoms with Gasteiger partial charge in [-0.15, -0.1) is 0 Å². The van der Waals surface area contributed by atoms with Crippen molar-refractivity contribution in [3.8, 4) is 0 Å². The van der Waals surface area contributed by atoms with Crippen LogP contribution >= 0.6 is 0 Å². The second-order valence-corrected chi connectivity index (χ2v) is 2.54. The quantitative estimate of drug-likeness (QED) is 0.330. The number of aliphatic carboxylic acids is 1. The van der Waals surface area contributed by atoms with E-state index in [9.17, 15) is 9.90 Å². The first kappa shape index (κ1) is 29.3. The van der Waals surface area contributed by atoms with Gasteiger partial charge in [0, 0.05) is 5.97 Å². The Morgan fingerprint density at radius 1 is 1.00 bits per heavy atom. The maximum Gasteiger partial charge on any atom is 1.00 e. The monoisotopic (exact) mass is 220 g/mol. The van der Waals surface area contributed by atoms with E-state index in [2.05, 4.69) is 6.92 Å². The smallest absolute Gasteiger partial charge is 0.550 e. The molecule has 0 unspecified atom stereocenters. The zero-order valence-corrected chi connectivity index (χ0v) is 11.1. The molecule has 0 fully saturated rings. The standard InChI is InChI=1S/C8H16O2.Na.3H2O/c1-2-3-4-5-6-7-8(9)10;;;;/h2-7H2,1H3,(H,9,10);;3*1H2/q;+1;;;/p-1. The van der Waals surface area contributed by atoms with Crippen molar-refractivity contribution in [1.82, 2.24) is 0 Å². The van der Waals surface area contributed by atoms with Crippen LogP contribution in [0.5, 0.6) is 0 Å². The summed E-state index contributed by atoms with van der Waals surface area (Å²) in [5, 5.41) is 9.92. The van der Waals surface area contributed by atoms with Crippen LogP contribution < -0.4 is 34.7 Å². The fourth-order valence-corrected chi connectivity index (χ4v) is 0.873. The van der Waals surface area contributed by atoms with Crippen molar-refractivity contribution in [3.63, 3.8) is 0 Å². The molecule has 0 saturated carbocycles. The molecule has 5 nitrogen and oxygen atoms in total. The summed E-state index contributed by atoms with van der Waals surface area (Å²) in [4.78, 5) is 9.92. The third-order valence-corrected chi connectivity index (χ3v) is 1.48. The van der Waals surface area contributed by atoms with Crippen molar-refractivity contribution >= 4 is 5.97 Å². The number of hydrogen-bond acceptors (Lipinski definition) is 2. The van der Waals surface area contributed by atoms with E-state index in [0.717, 1.165) is 19.3 Å². The van der Waals surface area contributed by atoms with E-state index in [4.69, 9.17) is 0 Å². The van der Waals surface area contributed by atoms with Crippen LogP contribution in [0.15, 0.2) is 0 Å². The van der Waals surface area contributed by atoms with E-state index in [1.54, 1.807) is 0 Å². The molecular weight excluding hydrogens is 199 g/mol. The molecule has 0 aliphatic carbocycles. The summed E-state index contributed by atoms with van der Waals surface area (Å²) in [6, 6.07) is 0. The SMILES string of the molecule is CCCCCCCC(=O)[O-].O.O.O.[Na+]. The third kappa shape index (κ3) is 29.4. The topological polar surface area (TPSA) is 135 Å². The van der Waals surface area contributed by atoms with Crippen LogP contribution in [0.25, 0.3) is 0 Å². The minimum Gasteiger partial charge on any atom is -0.550 e. The summed E-state index contributed by atoms with van der Waals surface area (Å²) in [7, 11) is 0. The summed E-state index contributed by atoms with van der Waals surface area (Å²) in [5.41, 5.74) is 0. The first-order chi connectivity index (χ1) is 4.77. The molecule has 0 saturated heterocycles. The van der Waals surface area contributed by atoms with Crippen LogP contribution in [0.1, 0.15) is 45.4 Å². The number of carbonyl (C=O) groups excluding carboxylic acids is 1. The molecule has 0 rings (SSSR count). The van der Waals surface area contributed by atoms with Crippen LogP contribution in [-0.2, 0) is 4.79 Å². The number of unbranched alkanes of at least 4 members (excludes halogenated alkanes) is 4.